The number of aryl methyl sites for hydroxylation is 1. The maximum absolute atomic E-state index is 16.0. The zero-order valence-corrected chi connectivity index (χ0v) is 24.0. The number of benzene rings is 2. The lowest BCUT2D eigenvalue weighted by atomic mass is 9.86. The van der Waals surface area contributed by atoms with Crippen LogP contribution < -0.4 is 0 Å². The van der Waals surface area contributed by atoms with Gasteiger partial charge in [0.25, 0.3) is 0 Å². The summed E-state index contributed by atoms with van der Waals surface area (Å²) in [6, 6.07) is 13.7. The molecular weight excluding hydrogens is 495 g/mol. The first-order valence-corrected chi connectivity index (χ1v) is 15.9. The third-order valence-electron chi connectivity index (χ3n) is 9.37. The molecule has 3 unspecified atom stereocenters. The van der Waals surface area contributed by atoms with Crippen molar-refractivity contribution in [2.45, 2.75) is 81.3 Å². The van der Waals surface area contributed by atoms with Gasteiger partial charge in [-0.05, 0) is 87.2 Å². The molecule has 5 nitrogen and oxygen atoms in total. The van der Waals surface area contributed by atoms with Gasteiger partial charge in [0.2, 0.25) is 0 Å². The lowest BCUT2D eigenvalue weighted by molar-refractivity contribution is 0.0402. The predicted octanol–water partition coefficient (Wildman–Crippen LogP) is 5.95. The predicted molar refractivity (Wildman–Crippen MR) is 153 cm³/mol. The molecule has 0 aliphatic carbocycles. The smallest absolute Gasteiger partial charge is 0.152 e. The molecule has 1 aromatic heterocycles. The molecule has 0 N–H and O–H groups in total. The molecule has 3 aliphatic rings. The summed E-state index contributed by atoms with van der Waals surface area (Å²) in [6.07, 6.45) is 9.05. The highest BCUT2D eigenvalue weighted by Gasteiger charge is 2.43. The maximum Gasteiger partial charge on any atom is 0.152 e. The van der Waals surface area contributed by atoms with Crippen LogP contribution in [0.4, 0.5) is 4.39 Å². The second-order valence-electron chi connectivity index (χ2n) is 12.2. The monoisotopic (exact) mass is 536 g/mol. The van der Waals surface area contributed by atoms with Crippen molar-refractivity contribution in [2.24, 2.45) is 13.0 Å². The number of halogens is 1. The number of likely N-dealkylation sites (tertiary alicyclic amines) is 1. The Morgan fingerprint density at radius 1 is 0.974 bits per heavy atom. The Morgan fingerprint density at radius 3 is 2.24 bits per heavy atom. The summed E-state index contributed by atoms with van der Waals surface area (Å²) in [5.74, 6) is 1.61. The SMILES string of the molecule is CC(C)CN1C2CCC1CC(N1CCC(c3ccc4nc(-c5ccc(S(C)=O)cc5)n(C)c4c3F)CC1)C2. The van der Waals surface area contributed by atoms with Crippen molar-refractivity contribution >= 4 is 21.8 Å². The van der Waals surface area contributed by atoms with E-state index >= 15 is 4.39 Å². The van der Waals surface area contributed by atoms with Crippen molar-refractivity contribution in [1.29, 1.82) is 0 Å². The van der Waals surface area contributed by atoms with Crippen LogP contribution in [0.3, 0.4) is 0 Å². The molecule has 3 fully saturated rings. The first kappa shape index (κ1) is 26.1. The number of hydrogen-bond acceptors (Lipinski definition) is 4. The van der Waals surface area contributed by atoms with Crippen LogP contribution in [0.25, 0.3) is 22.4 Å². The number of nitrogens with zero attached hydrogens (tertiary/aromatic N) is 4. The summed E-state index contributed by atoms with van der Waals surface area (Å²) in [7, 11) is 0.869. The molecule has 3 aliphatic heterocycles. The lowest BCUT2D eigenvalue weighted by Gasteiger charge is -2.46. The van der Waals surface area contributed by atoms with Crippen LogP contribution >= 0.6 is 0 Å². The summed E-state index contributed by atoms with van der Waals surface area (Å²) in [5.41, 5.74) is 3.01. The Morgan fingerprint density at radius 2 is 1.63 bits per heavy atom. The Hall–Kier alpha value is -2.09. The largest absolute Gasteiger partial charge is 0.325 e. The van der Waals surface area contributed by atoms with Crippen molar-refractivity contribution in [2.75, 3.05) is 25.9 Å². The van der Waals surface area contributed by atoms with Crippen molar-refractivity contribution in [1.82, 2.24) is 19.4 Å². The molecule has 2 aromatic carbocycles. The highest BCUT2D eigenvalue weighted by Crippen LogP contribution is 2.40. The summed E-state index contributed by atoms with van der Waals surface area (Å²) < 4.78 is 29.6. The first-order chi connectivity index (χ1) is 18.3. The standard InChI is InChI=1S/C31H41FN4OS/c1-20(2)19-36-23-7-8-24(36)18-25(17-23)35-15-13-21(14-16-35)27-11-12-28-30(29(27)32)34(3)31(33-28)22-5-9-26(10-6-22)38(4)37/h5-6,9-12,20-21,23-25H,7-8,13-19H2,1-4H3. The van der Waals surface area contributed by atoms with Crippen molar-refractivity contribution in [3.05, 3.63) is 47.8 Å². The quantitative estimate of drug-likeness (QED) is 0.391. The molecule has 204 valence electrons. The molecule has 0 saturated carbocycles. The van der Waals surface area contributed by atoms with Gasteiger partial charge < -0.3 is 9.47 Å². The van der Waals surface area contributed by atoms with Crippen LogP contribution in [-0.4, -0.2) is 67.6 Å². The van der Waals surface area contributed by atoms with E-state index in [9.17, 15) is 4.21 Å². The summed E-state index contributed by atoms with van der Waals surface area (Å²) in [4.78, 5) is 11.1. The van der Waals surface area contributed by atoms with E-state index in [4.69, 9.17) is 4.98 Å². The average Bonchev–Trinajstić information content (AvgIpc) is 3.34. The Bertz CT molecular complexity index is 1310. The van der Waals surface area contributed by atoms with Crippen molar-refractivity contribution < 1.29 is 8.60 Å². The Labute approximate surface area is 228 Å². The molecule has 0 radical (unpaired) electrons. The summed E-state index contributed by atoms with van der Waals surface area (Å²) >= 11 is 0. The lowest BCUT2D eigenvalue weighted by Crippen LogP contribution is -2.52. The van der Waals surface area contributed by atoms with E-state index < -0.39 is 10.8 Å². The number of aromatic nitrogens is 2. The fourth-order valence-electron chi connectivity index (χ4n) is 7.48. The van der Waals surface area contributed by atoms with Gasteiger partial charge in [0.05, 0.1) is 5.52 Å². The molecule has 4 heterocycles. The van der Waals surface area contributed by atoms with Crippen LogP contribution in [0, 0.1) is 11.7 Å². The van der Waals surface area contributed by atoms with Crippen molar-refractivity contribution in [3.8, 4) is 11.4 Å². The van der Waals surface area contributed by atoms with Gasteiger partial charge >= 0.3 is 0 Å². The van der Waals surface area contributed by atoms with Gasteiger partial charge in [-0.3, -0.25) is 9.11 Å². The van der Waals surface area contributed by atoms with Gasteiger partial charge in [0, 0.05) is 59.2 Å². The normalized spacial score (nSPS) is 26.0. The molecule has 38 heavy (non-hydrogen) atoms. The van der Waals surface area contributed by atoms with Crippen molar-refractivity contribution in [3.63, 3.8) is 0 Å². The van der Waals surface area contributed by atoms with E-state index in [0.29, 0.717) is 17.1 Å². The molecular formula is C31H41FN4OS. The fraction of sp³-hybridized carbons (Fsp3) is 0.581. The summed E-state index contributed by atoms with van der Waals surface area (Å²) in [6.45, 7) is 8.06. The maximum atomic E-state index is 16.0. The number of hydrogen-bond donors (Lipinski definition) is 0. The molecule has 3 aromatic rings. The first-order valence-electron chi connectivity index (χ1n) is 14.4. The second kappa shape index (κ2) is 10.5. The molecule has 7 heteroatoms. The van der Waals surface area contributed by atoms with Crippen LogP contribution in [-0.2, 0) is 17.8 Å². The second-order valence-corrected chi connectivity index (χ2v) is 13.6. The molecule has 0 amide bonds. The van der Waals surface area contributed by atoms with Gasteiger partial charge in [-0.2, -0.15) is 0 Å². The molecule has 6 rings (SSSR count). The molecule has 3 saturated heterocycles. The van der Waals surface area contributed by atoms with E-state index in [0.717, 1.165) is 65.8 Å². The van der Waals surface area contributed by atoms with E-state index in [2.05, 4.69) is 23.6 Å². The number of fused-ring (bicyclic) bond motifs is 3. The van der Waals surface area contributed by atoms with Crippen LogP contribution in [0.5, 0.6) is 0 Å². The minimum Gasteiger partial charge on any atom is -0.325 e. The van der Waals surface area contributed by atoms with Gasteiger partial charge in [-0.15, -0.1) is 0 Å². The van der Waals surface area contributed by atoms with E-state index in [1.54, 1.807) is 6.26 Å². The Kier molecular flexibility index (Phi) is 7.21. The third kappa shape index (κ3) is 4.75. The average molecular weight is 537 g/mol. The van der Waals surface area contributed by atoms with Gasteiger partial charge in [-0.1, -0.05) is 32.0 Å². The highest BCUT2D eigenvalue weighted by molar-refractivity contribution is 7.84. The Balaban J connectivity index is 1.16. The van der Waals surface area contributed by atoms with Crippen LogP contribution in [0.2, 0.25) is 0 Å². The summed E-state index contributed by atoms with van der Waals surface area (Å²) in [5, 5.41) is 0. The van der Waals surface area contributed by atoms with Gasteiger partial charge in [0.15, 0.2) is 5.82 Å². The third-order valence-corrected chi connectivity index (χ3v) is 10.3. The van der Waals surface area contributed by atoms with E-state index in [1.807, 2.05) is 48.0 Å². The number of imidazole rings is 1. The van der Waals surface area contributed by atoms with E-state index in [1.165, 1.54) is 32.2 Å². The number of rotatable bonds is 6. The van der Waals surface area contributed by atoms with Crippen LogP contribution in [0.1, 0.15) is 63.9 Å². The highest BCUT2D eigenvalue weighted by atomic mass is 32.2. The minimum absolute atomic E-state index is 0.117. The number of piperidine rings is 2. The zero-order valence-electron chi connectivity index (χ0n) is 23.2. The zero-order chi connectivity index (χ0) is 26.6. The molecule has 3 atom stereocenters. The van der Waals surface area contributed by atoms with Crippen LogP contribution in [0.15, 0.2) is 41.3 Å². The van der Waals surface area contributed by atoms with E-state index in [-0.39, 0.29) is 11.7 Å². The van der Waals surface area contributed by atoms with Gasteiger partial charge in [0.1, 0.15) is 11.3 Å². The molecule has 2 bridgehead atoms. The van der Waals surface area contributed by atoms with Gasteiger partial charge in [-0.25, -0.2) is 9.37 Å². The minimum atomic E-state index is -1.03. The topological polar surface area (TPSA) is 41.4 Å². The fourth-order valence-corrected chi connectivity index (χ4v) is 8.00. The molecule has 0 spiro atoms.